The molecule has 0 radical (unpaired) electrons. The first-order valence-corrected chi connectivity index (χ1v) is 12.5. The minimum absolute atomic E-state index is 0.213. The fraction of sp³-hybridized carbons (Fsp3) is 0.483. The summed E-state index contributed by atoms with van der Waals surface area (Å²) in [6, 6.07) is 16.4. The van der Waals surface area contributed by atoms with E-state index in [9.17, 15) is 5.11 Å². The number of hydrogen-bond acceptors (Lipinski definition) is 5. The molecule has 0 aliphatic heterocycles. The summed E-state index contributed by atoms with van der Waals surface area (Å²) in [5.74, 6) is 4.01. The van der Waals surface area contributed by atoms with Crippen LogP contribution in [0.4, 0.5) is 0 Å². The molecule has 0 amide bonds. The number of nitrogens with zero attached hydrogens (tertiary/aromatic N) is 1. The van der Waals surface area contributed by atoms with Gasteiger partial charge in [-0.2, -0.15) is 0 Å². The summed E-state index contributed by atoms with van der Waals surface area (Å²) in [7, 11) is 3.40. The van der Waals surface area contributed by atoms with Crippen molar-refractivity contribution >= 4 is 0 Å². The zero-order valence-corrected chi connectivity index (χ0v) is 20.2. The fourth-order valence-electron chi connectivity index (χ4n) is 7.47. The molecule has 2 fully saturated rings. The summed E-state index contributed by atoms with van der Waals surface area (Å²) in [5, 5.41) is 16.5. The van der Waals surface area contributed by atoms with Gasteiger partial charge in [-0.3, -0.25) is 0 Å². The van der Waals surface area contributed by atoms with Crippen LogP contribution in [0.25, 0.3) is 11.3 Å². The second kappa shape index (κ2) is 7.88. The van der Waals surface area contributed by atoms with E-state index in [-0.39, 0.29) is 5.41 Å². The van der Waals surface area contributed by atoms with Gasteiger partial charge in [-0.15, -0.1) is 0 Å². The van der Waals surface area contributed by atoms with E-state index in [0.29, 0.717) is 23.5 Å². The third-order valence-corrected chi connectivity index (χ3v) is 9.39. The first kappa shape index (κ1) is 21.7. The van der Waals surface area contributed by atoms with Crippen molar-refractivity contribution < 1.29 is 19.1 Å². The summed E-state index contributed by atoms with van der Waals surface area (Å²) in [4.78, 5) is 0. The molecule has 1 N–H and O–H groups in total. The molecule has 6 rings (SSSR count). The molecule has 3 aliphatic rings. The first-order chi connectivity index (χ1) is 16.5. The number of benzene rings is 2. The summed E-state index contributed by atoms with van der Waals surface area (Å²) in [5.41, 5.74) is 3.46. The molecule has 5 heteroatoms. The van der Waals surface area contributed by atoms with Gasteiger partial charge >= 0.3 is 0 Å². The van der Waals surface area contributed by atoms with Gasteiger partial charge in [0, 0.05) is 17.0 Å². The maximum atomic E-state index is 12.1. The predicted molar refractivity (Wildman–Crippen MR) is 130 cm³/mol. The Balaban J connectivity index is 1.29. The Labute approximate surface area is 201 Å². The highest BCUT2D eigenvalue weighted by atomic mass is 16.5. The quantitative estimate of drug-likeness (QED) is 0.510. The van der Waals surface area contributed by atoms with Gasteiger partial charge in [0.1, 0.15) is 22.8 Å². The van der Waals surface area contributed by atoms with Crippen molar-refractivity contribution in [2.24, 2.45) is 17.3 Å². The highest BCUT2D eigenvalue weighted by Crippen LogP contribution is 2.67. The minimum Gasteiger partial charge on any atom is -0.497 e. The van der Waals surface area contributed by atoms with Crippen molar-refractivity contribution in [3.63, 3.8) is 0 Å². The largest absolute Gasteiger partial charge is 0.497 e. The van der Waals surface area contributed by atoms with E-state index in [1.165, 1.54) is 17.5 Å². The minimum atomic E-state index is -0.986. The monoisotopic (exact) mass is 459 g/mol. The summed E-state index contributed by atoms with van der Waals surface area (Å²) >= 11 is 0. The Morgan fingerprint density at radius 1 is 0.941 bits per heavy atom. The van der Waals surface area contributed by atoms with Gasteiger partial charge in [-0.05, 0) is 104 Å². The topological polar surface area (TPSA) is 64.7 Å². The number of ether oxygens (including phenoxy) is 2. The molecular weight excluding hydrogens is 426 g/mol. The van der Waals surface area contributed by atoms with Crippen LogP contribution in [-0.2, 0) is 12.0 Å². The number of aryl methyl sites for hydroxylation is 1. The smallest absolute Gasteiger partial charge is 0.169 e. The van der Waals surface area contributed by atoms with Crippen LogP contribution < -0.4 is 9.47 Å². The summed E-state index contributed by atoms with van der Waals surface area (Å²) in [6.45, 7) is 2.29. The molecule has 2 saturated carbocycles. The lowest BCUT2D eigenvalue weighted by Gasteiger charge is -2.52. The van der Waals surface area contributed by atoms with Gasteiger partial charge in [0.25, 0.3) is 0 Å². The van der Waals surface area contributed by atoms with Gasteiger partial charge in [-0.1, -0.05) is 18.1 Å². The Hall–Kier alpha value is -2.79. The SMILES string of the molecule is COc1ccc(-c2cc([C@]3(O)CC[C@H]4[C@@H]5CCc6cc(OC)ccc6[C@H]5CC[C@@]43C)on2)cc1. The van der Waals surface area contributed by atoms with E-state index in [0.717, 1.165) is 54.9 Å². The lowest BCUT2D eigenvalue weighted by Crippen LogP contribution is -2.49. The molecule has 3 aromatic rings. The molecule has 5 atom stereocenters. The van der Waals surface area contributed by atoms with Crippen molar-refractivity contribution in [1.82, 2.24) is 5.16 Å². The summed E-state index contributed by atoms with van der Waals surface area (Å²) in [6.07, 6.45) is 6.10. The van der Waals surface area contributed by atoms with Gasteiger partial charge in [0.15, 0.2) is 5.76 Å². The van der Waals surface area contributed by atoms with E-state index in [1.54, 1.807) is 14.2 Å². The molecule has 3 aliphatic carbocycles. The number of aliphatic hydroxyl groups is 1. The molecular formula is C29H33NO4. The molecule has 0 bridgehead atoms. The third kappa shape index (κ3) is 3.06. The van der Waals surface area contributed by atoms with E-state index < -0.39 is 5.60 Å². The molecule has 34 heavy (non-hydrogen) atoms. The highest BCUT2D eigenvalue weighted by Gasteiger charge is 2.63. The van der Waals surface area contributed by atoms with Crippen LogP contribution in [-0.4, -0.2) is 24.5 Å². The van der Waals surface area contributed by atoms with Crippen molar-refractivity contribution in [3.8, 4) is 22.8 Å². The average molecular weight is 460 g/mol. The normalized spacial score (nSPS) is 31.9. The van der Waals surface area contributed by atoms with E-state index in [2.05, 4.69) is 30.3 Å². The summed E-state index contributed by atoms with van der Waals surface area (Å²) < 4.78 is 16.6. The predicted octanol–water partition coefficient (Wildman–Crippen LogP) is 6.10. The zero-order valence-electron chi connectivity index (χ0n) is 20.2. The Bertz CT molecular complexity index is 1200. The van der Waals surface area contributed by atoms with Crippen LogP contribution in [0.5, 0.6) is 11.5 Å². The van der Waals surface area contributed by atoms with Crippen molar-refractivity contribution in [3.05, 3.63) is 65.4 Å². The van der Waals surface area contributed by atoms with Gasteiger partial charge in [-0.25, -0.2) is 0 Å². The van der Waals surface area contributed by atoms with Crippen LogP contribution in [0.15, 0.2) is 53.1 Å². The number of rotatable bonds is 4. The second-order valence-electron chi connectivity index (χ2n) is 10.6. The first-order valence-electron chi connectivity index (χ1n) is 12.5. The zero-order chi connectivity index (χ0) is 23.5. The lowest BCUT2D eigenvalue weighted by molar-refractivity contribution is -0.122. The molecule has 2 aromatic carbocycles. The molecule has 0 saturated heterocycles. The standard InChI is InChI=1S/C29H33NO4/c1-28-14-12-23-22-11-9-21(33-3)16-19(22)6-10-24(23)25(28)13-15-29(28,31)27-17-26(30-34-27)18-4-7-20(32-2)8-5-18/h4-5,7-9,11,16-17,23-25,31H,6,10,12-15H2,1-3H3/t23-,24-,25+,28+,29-/m1/s1. The molecule has 0 spiro atoms. The number of fused-ring (bicyclic) bond motifs is 5. The second-order valence-corrected chi connectivity index (χ2v) is 10.6. The Kier molecular flexibility index (Phi) is 5.03. The van der Waals surface area contributed by atoms with E-state index in [1.807, 2.05) is 30.3 Å². The number of aromatic nitrogens is 1. The van der Waals surface area contributed by atoms with Crippen molar-refractivity contribution in [1.29, 1.82) is 0 Å². The maximum Gasteiger partial charge on any atom is 0.169 e. The van der Waals surface area contributed by atoms with Gasteiger partial charge in [0.05, 0.1) is 14.2 Å². The van der Waals surface area contributed by atoms with Crippen LogP contribution in [0, 0.1) is 17.3 Å². The van der Waals surface area contributed by atoms with Crippen molar-refractivity contribution in [2.45, 2.75) is 57.0 Å². The average Bonchev–Trinajstić information content (AvgIpc) is 3.47. The van der Waals surface area contributed by atoms with Crippen LogP contribution in [0.2, 0.25) is 0 Å². The fourth-order valence-corrected chi connectivity index (χ4v) is 7.47. The van der Waals surface area contributed by atoms with Gasteiger partial charge < -0.3 is 19.1 Å². The number of hydrogen-bond donors (Lipinski definition) is 1. The van der Waals surface area contributed by atoms with E-state index >= 15 is 0 Å². The third-order valence-electron chi connectivity index (χ3n) is 9.39. The van der Waals surface area contributed by atoms with Crippen LogP contribution >= 0.6 is 0 Å². The van der Waals surface area contributed by atoms with Crippen molar-refractivity contribution in [2.75, 3.05) is 14.2 Å². The molecule has 1 aromatic heterocycles. The Morgan fingerprint density at radius 2 is 1.71 bits per heavy atom. The van der Waals surface area contributed by atoms with Crippen LogP contribution in [0.3, 0.4) is 0 Å². The molecule has 1 heterocycles. The van der Waals surface area contributed by atoms with E-state index in [4.69, 9.17) is 14.0 Å². The highest BCUT2D eigenvalue weighted by molar-refractivity contribution is 5.60. The molecule has 0 unspecified atom stereocenters. The number of methoxy groups -OCH3 is 2. The van der Waals surface area contributed by atoms with Gasteiger partial charge in [0.2, 0.25) is 0 Å². The Morgan fingerprint density at radius 3 is 2.47 bits per heavy atom. The molecule has 5 nitrogen and oxygen atoms in total. The maximum absolute atomic E-state index is 12.1. The molecule has 178 valence electrons. The lowest BCUT2D eigenvalue weighted by atomic mass is 9.53. The van der Waals surface area contributed by atoms with Crippen LogP contribution in [0.1, 0.15) is 61.8 Å².